The second-order valence-corrected chi connectivity index (χ2v) is 5.36. The van der Waals surface area contributed by atoms with Gasteiger partial charge in [-0.2, -0.15) is 10.1 Å². The number of hydrogen-bond donors (Lipinski definition) is 1. The van der Waals surface area contributed by atoms with E-state index in [9.17, 15) is 0 Å². The van der Waals surface area contributed by atoms with Crippen LogP contribution in [0.1, 0.15) is 12.5 Å². The van der Waals surface area contributed by atoms with E-state index in [1.54, 1.807) is 0 Å². The highest BCUT2D eigenvalue weighted by Crippen LogP contribution is 2.19. The smallest absolute Gasteiger partial charge is 0.316 e. The van der Waals surface area contributed by atoms with Crippen LogP contribution in [-0.4, -0.2) is 10.7 Å². The van der Waals surface area contributed by atoms with Crippen LogP contribution in [-0.2, 0) is 0 Å². The number of fused-ring (bicyclic) bond motifs is 2. The van der Waals surface area contributed by atoms with E-state index in [2.05, 4.69) is 45.8 Å². The Kier molecular flexibility index (Phi) is 3.27. The van der Waals surface area contributed by atoms with Crippen molar-refractivity contribution < 1.29 is 4.42 Å². The first-order valence-electron chi connectivity index (χ1n) is 7.45. The molecule has 1 N–H and O–H groups in total. The molecule has 23 heavy (non-hydrogen) atoms. The van der Waals surface area contributed by atoms with Gasteiger partial charge in [-0.25, -0.2) is 5.43 Å². The number of nitrogens with zero attached hydrogens (tertiary/aromatic N) is 2. The molecule has 1 aromatic heterocycles. The molecule has 0 unspecified atom stereocenters. The minimum Gasteiger partial charge on any atom is -0.422 e. The average molecular weight is 301 g/mol. The van der Waals surface area contributed by atoms with Gasteiger partial charge in [0.05, 0.1) is 5.71 Å². The number of anilines is 1. The lowest BCUT2D eigenvalue weighted by Gasteiger charge is -2.03. The Morgan fingerprint density at radius 3 is 2.61 bits per heavy atom. The van der Waals surface area contributed by atoms with Crippen molar-refractivity contribution >= 4 is 33.6 Å². The summed E-state index contributed by atoms with van der Waals surface area (Å²) in [6.45, 7) is 1.96. The second-order valence-electron chi connectivity index (χ2n) is 5.36. The molecule has 0 saturated heterocycles. The third-order valence-electron chi connectivity index (χ3n) is 3.78. The first kappa shape index (κ1) is 13.5. The molecule has 112 valence electrons. The first-order valence-corrected chi connectivity index (χ1v) is 7.45. The fourth-order valence-electron chi connectivity index (χ4n) is 2.53. The van der Waals surface area contributed by atoms with Crippen LogP contribution < -0.4 is 5.43 Å². The molecule has 0 aliphatic heterocycles. The Morgan fingerprint density at radius 1 is 0.957 bits per heavy atom. The lowest BCUT2D eigenvalue weighted by atomic mass is 10.0. The van der Waals surface area contributed by atoms with Gasteiger partial charge in [-0.3, -0.25) is 0 Å². The molecule has 4 rings (SSSR count). The maximum absolute atomic E-state index is 5.60. The van der Waals surface area contributed by atoms with Crippen molar-refractivity contribution in [3.63, 3.8) is 0 Å². The van der Waals surface area contributed by atoms with Crippen LogP contribution in [0.5, 0.6) is 0 Å². The molecule has 0 saturated carbocycles. The van der Waals surface area contributed by atoms with Crippen LogP contribution >= 0.6 is 0 Å². The zero-order valence-corrected chi connectivity index (χ0v) is 12.7. The minimum absolute atomic E-state index is 0.395. The Bertz CT molecular complexity index is 984. The highest BCUT2D eigenvalue weighted by atomic mass is 16.4. The van der Waals surface area contributed by atoms with Crippen molar-refractivity contribution in [2.75, 3.05) is 5.43 Å². The maximum atomic E-state index is 5.60. The van der Waals surface area contributed by atoms with Gasteiger partial charge >= 0.3 is 6.01 Å². The lowest BCUT2D eigenvalue weighted by Crippen LogP contribution is -1.99. The molecule has 0 spiro atoms. The molecule has 0 fully saturated rings. The molecule has 0 aliphatic rings. The number of para-hydroxylation sites is 2. The number of rotatable bonds is 3. The van der Waals surface area contributed by atoms with Crippen LogP contribution in [0.2, 0.25) is 0 Å². The van der Waals surface area contributed by atoms with Crippen LogP contribution in [0.3, 0.4) is 0 Å². The monoisotopic (exact) mass is 301 g/mol. The van der Waals surface area contributed by atoms with E-state index in [-0.39, 0.29) is 0 Å². The van der Waals surface area contributed by atoms with Gasteiger partial charge in [0.1, 0.15) is 5.52 Å². The van der Waals surface area contributed by atoms with Gasteiger partial charge in [-0.1, -0.05) is 48.5 Å². The van der Waals surface area contributed by atoms with Gasteiger partial charge in [0.2, 0.25) is 0 Å². The van der Waals surface area contributed by atoms with E-state index >= 15 is 0 Å². The Labute approximate surface area is 133 Å². The van der Waals surface area contributed by atoms with Gasteiger partial charge in [0.15, 0.2) is 5.58 Å². The third kappa shape index (κ3) is 2.66. The van der Waals surface area contributed by atoms with E-state index < -0.39 is 0 Å². The molecule has 4 aromatic rings. The first-order chi connectivity index (χ1) is 11.3. The summed E-state index contributed by atoms with van der Waals surface area (Å²) in [7, 11) is 0. The predicted octanol–water partition coefficient (Wildman–Crippen LogP) is 4.82. The van der Waals surface area contributed by atoms with Crippen LogP contribution in [0.25, 0.3) is 21.9 Å². The van der Waals surface area contributed by atoms with Crippen molar-refractivity contribution in [1.29, 1.82) is 0 Å². The number of oxazole rings is 1. The zero-order chi connectivity index (χ0) is 15.6. The largest absolute Gasteiger partial charge is 0.422 e. The zero-order valence-electron chi connectivity index (χ0n) is 12.7. The summed E-state index contributed by atoms with van der Waals surface area (Å²) in [5.41, 5.74) is 6.38. The number of aromatic nitrogens is 1. The third-order valence-corrected chi connectivity index (χ3v) is 3.78. The fraction of sp³-hybridized carbons (Fsp3) is 0.0526. The number of nitrogens with one attached hydrogen (secondary N) is 1. The molecule has 0 aliphatic carbocycles. The van der Waals surface area contributed by atoms with Crippen molar-refractivity contribution in [3.8, 4) is 0 Å². The van der Waals surface area contributed by atoms with Crippen molar-refractivity contribution in [2.24, 2.45) is 5.10 Å². The predicted molar refractivity (Wildman–Crippen MR) is 93.8 cm³/mol. The van der Waals surface area contributed by atoms with E-state index in [4.69, 9.17) is 4.42 Å². The molecular weight excluding hydrogens is 286 g/mol. The van der Waals surface area contributed by atoms with Gasteiger partial charge in [-0.05, 0) is 41.5 Å². The van der Waals surface area contributed by atoms with Gasteiger partial charge in [-0.15, -0.1) is 0 Å². The summed E-state index contributed by atoms with van der Waals surface area (Å²) < 4.78 is 5.60. The fourth-order valence-corrected chi connectivity index (χ4v) is 2.53. The molecule has 3 aromatic carbocycles. The molecule has 4 nitrogen and oxygen atoms in total. The summed E-state index contributed by atoms with van der Waals surface area (Å²) >= 11 is 0. The average Bonchev–Trinajstić information content (AvgIpc) is 3.02. The second kappa shape index (κ2) is 5.57. The quantitative estimate of drug-likeness (QED) is 0.436. The molecule has 0 bridgehead atoms. The molecule has 0 radical (unpaired) electrons. The number of hydrogen-bond acceptors (Lipinski definition) is 4. The van der Waals surface area contributed by atoms with Gasteiger partial charge in [0, 0.05) is 0 Å². The SMILES string of the molecule is CC(=NNc1nc2ccccc2o1)c1ccc2ccccc2c1. The minimum atomic E-state index is 0.395. The maximum Gasteiger partial charge on any atom is 0.316 e. The van der Waals surface area contributed by atoms with E-state index in [1.807, 2.05) is 43.3 Å². The summed E-state index contributed by atoms with van der Waals surface area (Å²) in [5, 5.41) is 6.79. The molecule has 1 heterocycles. The van der Waals surface area contributed by atoms with Crippen LogP contribution in [0.15, 0.2) is 76.2 Å². The highest BCUT2D eigenvalue weighted by molar-refractivity contribution is 6.02. The van der Waals surface area contributed by atoms with Crippen molar-refractivity contribution in [1.82, 2.24) is 4.98 Å². The Hall–Kier alpha value is -3.14. The van der Waals surface area contributed by atoms with E-state index in [0.29, 0.717) is 6.01 Å². The Morgan fingerprint density at radius 2 is 1.74 bits per heavy atom. The van der Waals surface area contributed by atoms with Gasteiger partial charge < -0.3 is 4.42 Å². The van der Waals surface area contributed by atoms with E-state index in [1.165, 1.54) is 10.8 Å². The lowest BCUT2D eigenvalue weighted by molar-refractivity contribution is 0.617. The van der Waals surface area contributed by atoms with Crippen molar-refractivity contribution in [3.05, 3.63) is 72.3 Å². The molecule has 4 heteroatoms. The summed E-state index contributed by atoms with van der Waals surface area (Å²) in [4.78, 5) is 4.34. The molecule has 0 amide bonds. The molecule has 0 atom stereocenters. The summed E-state index contributed by atoms with van der Waals surface area (Å²) in [5.74, 6) is 0. The van der Waals surface area contributed by atoms with Gasteiger partial charge in [0.25, 0.3) is 0 Å². The highest BCUT2D eigenvalue weighted by Gasteiger charge is 2.04. The summed E-state index contributed by atoms with van der Waals surface area (Å²) in [6.07, 6.45) is 0. The molecular formula is C19H15N3O. The topological polar surface area (TPSA) is 50.4 Å². The van der Waals surface area contributed by atoms with Crippen LogP contribution in [0, 0.1) is 0 Å². The van der Waals surface area contributed by atoms with Crippen LogP contribution in [0.4, 0.5) is 6.01 Å². The van der Waals surface area contributed by atoms with Crippen molar-refractivity contribution in [2.45, 2.75) is 6.92 Å². The number of benzene rings is 3. The number of hydrazone groups is 1. The standard InChI is InChI=1S/C19H15N3O/c1-13(15-11-10-14-6-2-3-7-16(14)12-15)21-22-19-20-17-8-4-5-9-18(17)23-19/h2-12H,1H3,(H,20,22). The normalized spacial score (nSPS) is 12.0. The summed E-state index contributed by atoms with van der Waals surface area (Å²) in [6, 6.07) is 22.6. The Balaban J connectivity index is 1.61. The van der Waals surface area contributed by atoms with E-state index in [0.717, 1.165) is 22.4 Å².